The summed E-state index contributed by atoms with van der Waals surface area (Å²) >= 11 is 0. The minimum absolute atomic E-state index is 0. The Morgan fingerprint density at radius 1 is 1.10 bits per heavy atom. The average Bonchev–Trinajstić information content (AvgIpc) is 3.20. The van der Waals surface area contributed by atoms with E-state index in [1.165, 1.54) is 0 Å². The molecule has 1 amide bonds. The van der Waals surface area contributed by atoms with Gasteiger partial charge >= 0.3 is 5.63 Å². The van der Waals surface area contributed by atoms with Crippen molar-refractivity contribution in [1.29, 1.82) is 0 Å². The molecule has 1 spiro atoms. The average molecular weight is 427 g/mol. The second-order valence-corrected chi connectivity index (χ2v) is 7.75. The quantitative estimate of drug-likeness (QED) is 0.637. The van der Waals surface area contributed by atoms with Crippen molar-refractivity contribution in [2.24, 2.45) is 0 Å². The summed E-state index contributed by atoms with van der Waals surface area (Å²) in [6.07, 6.45) is 0.912. The van der Waals surface area contributed by atoms with Crippen molar-refractivity contribution in [3.8, 4) is 11.1 Å². The molecule has 1 atom stereocenters. The van der Waals surface area contributed by atoms with Crippen molar-refractivity contribution in [2.75, 3.05) is 32.8 Å². The predicted octanol–water partition coefficient (Wildman–Crippen LogP) is 3.09. The monoisotopic (exact) mass is 426 g/mol. The Balaban J connectivity index is 0.00000218. The number of nitrogens with one attached hydrogen (secondary N) is 1. The van der Waals surface area contributed by atoms with Crippen LogP contribution in [0.4, 0.5) is 0 Å². The summed E-state index contributed by atoms with van der Waals surface area (Å²) in [5, 5.41) is 4.18. The molecule has 7 heteroatoms. The van der Waals surface area contributed by atoms with Crippen molar-refractivity contribution < 1.29 is 13.9 Å². The van der Waals surface area contributed by atoms with Gasteiger partial charge in [-0.1, -0.05) is 30.3 Å². The maximum atomic E-state index is 13.2. The SMILES string of the molecule is Cl.O=C(c1cccc(-c2cc3ccccc3oc2=O)c1)N1CCOC2(CCNC2)C1. The number of hydrogen-bond donors (Lipinski definition) is 1. The highest BCUT2D eigenvalue weighted by Crippen LogP contribution is 2.27. The number of morpholine rings is 1. The van der Waals surface area contributed by atoms with Crippen molar-refractivity contribution in [2.45, 2.75) is 12.0 Å². The Hall–Kier alpha value is -2.67. The van der Waals surface area contributed by atoms with E-state index < -0.39 is 5.63 Å². The molecule has 1 unspecified atom stereocenters. The normalized spacial score (nSPS) is 21.0. The fourth-order valence-electron chi connectivity index (χ4n) is 4.26. The van der Waals surface area contributed by atoms with Crippen LogP contribution in [0.3, 0.4) is 0 Å². The number of carbonyl (C=O) groups excluding carboxylic acids is 1. The number of carbonyl (C=O) groups is 1. The van der Waals surface area contributed by atoms with Gasteiger partial charge in [-0.2, -0.15) is 0 Å². The summed E-state index contributed by atoms with van der Waals surface area (Å²) in [4.78, 5) is 27.5. The minimum atomic E-state index is -0.407. The largest absolute Gasteiger partial charge is 0.422 e. The molecule has 2 aliphatic rings. The van der Waals surface area contributed by atoms with Crippen LogP contribution in [0.2, 0.25) is 0 Å². The number of rotatable bonds is 2. The zero-order valence-electron chi connectivity index (χ0n) is 16.4. The summed E-state index contributed by atoms with van der Waals surface area (Å²) in [7, 11) is 0. The number of nitrogens with zero attached hydrogens (tertiary/aromatic N) is 1. The van der Waals surface area contributed by atoms with Gasteiger partial charge in [0.05, 0.1) is 24.3 Å². The molecular weight excluding hydrogens is 404 g/mol. The number of amides is 1. The third-order valence-electron chi connectivity index (χ3n) is 5.80. The third kappa shape index (κ3) is 3.74. The summed E-state index contributed by atoms with van der Waals surface area (Å²) in [5.41, 5.74) is 1.58. The Bertz CT molecular complexity index is 1140. The minimum Gasteiger partial charge on any atom is -0.422 e. The Morgan fingerprint density at radius 3 is 2.80 bits per heavy atom. The lowest BCUT2D eigenvalue weighted by Gasteiger charge is -2.40. The fourth-order valence-corrected chi connectivity index (χ4v) is 4.26. The second kappa shape index (κ2) is 8.22. The van der Waals surface area contributed by atoms with Crippen LogP contribution < -0.4 is 10.9 Å². The lowest BCUT2D eigenvalue weighted by molar-refractivity contribution is -0.0866. The van der Waals surface area contributed by atoms with E-state index in [1.54, 1.807) is 18.2 Å². The number of hydrogen-bond acceptors (Lipinski definition) is 5. The van der Waals surface area contributed by atoms with Gasteiger partial charge in [0, 0.05) is 24.0 Å². The zero-order chi connectivity index (χ0) is 19.8. The summed E-state index contributed by atoms with van der Waals surface area (Å²) < 4.78 is 11.4. The molecule has 1 aromatic heterocycles. The molecule has 0 bridgehead atoms. The van der Waals surface area contributed by atoms with E-state index in [9.17, 15) is 9.59 Å². The van der Waals surface area contributed by atoms with E-state index >= 15 is 0 Å². The zero-order valence-corrected chi connectivity index (χ0v) is 17.2. The first-order valence-corrected chi connectivity index (χ1v) is 9.91. The Labute approximate surface area is 180 Å². The van der Waals surface area contributed by atoms with Gasteiger partial charge in [0.2, 0.25) is 0 Å². The number of ether oxygens (including phenoxy) is 1. The van der Waals surface area contributed by atoms with Crippen molar-refractivity contribution in [3.05, 3.63) is 70.6 Å². The molecule has 2 aromatic carbocycles. The molecule has 1 N–H and O–H groups in total. The maximum Gasteiger partial charge on any atom is 0.344 e. The number of benzene rings is 2. The van der Waals surface area contributed by atoms with Crippen LogP contribution in [0, 0.1) is 0 Å². The second-order valence-electron chi connectivity index (χ2n) is 7.75. The molecule has 0 radical (unpaired) electrons. The molecule has 2 aliphatic heterocycles. The number of fused-ring (bicyclic) bond motifs is 1. The first kappa shape index (κ1) is 20.6. The Morgan fingerprint density at radius 2 is 1.97 bits per heavy atom. The van der Waals surface area contributed by atoms with Gasteiger partial charge in [0.25, 0.3) is 5.91 Å². The molecule has 0 saturated carbocycles. The van der Waals surface area contributed by atoms with Gasteiger partial charge in [-0.25, -0.2) is 4.79 Å². The molecule has 6 nitrogen and oxygen atoms in total. The first-order valence-electron chi connectivity index (χ1n) is 9.91. The van der Waals surface area contributed by atoms with Gasteiger partial charge in [-0.15, -0.1) is 12.4 Å². The molecular formula is C23H23ClN2O4. The van der Waals surface area contributed by atoms with Crippen LogP contribution in [0.25, 0.3) is 22.1 Å². The Kier molecular flexibility index (Phi) is 5.64. The van der Waals surface area contributed by atoms with Crippen LogP contribution >= 0.6 is 12.4 Å². The summed E-state index contributed by atoms with van der Waals surface area (Å²) in [5.74, 6) is -0.0356. The van der Waals surface area contributed by atoms with E-state index in [1.807, 2.05) is 41.3 Å². The van der Waals surface area contributed by atoms with Crippen LogP contribution in [0.5, 0.6) is 0 Å². The first-order chi connectivity index (χ1) is 14.1. The lowest BCUT2D eigenvalue weighted by Crippen LogP contribution is -2.54. The third-order valence-corrected chi connectivity index (χ3v) is 5.80. The standard InChI is InChI=1S/C23H22N2O4.ClH/c26-21(25-10-11-28-23(15-25)8-9-24-14-23)18-6-3-5-16(12-18)19-13-17-4-1-2-7-20(17)29-22(19)27;/h1-7,12-13,24H,8-11,14-15H2;1H. The van der Waals surface area contributed by atoms with E-state index in [0.29, 0.717) is 42.0 Å². The summed E-state index contributed by atoms with van der Waals surface area (Å²) in [6.45, 7) is 3.38. The van der Waals surface area contributed by atoms with E-state index in [0.717, 1.165) is 24.9 Å². The molecule has 2 saturated heterocycles. The van der Waals surface area contributed by atoms with Gasteiger partial charge in [-0.05, 0) is 42.8 Å². The van der Waals surface area contributed by atoms with Crippen LogP contribution in [0.15, 0.2) is 63.8 Å². The smallest absolute Gasteiger partial charge is 0.344 e. The molecule has 156 valence electrons. The number of halogens is 1. The van der Waals surface area contributed by atoms with E-state index in [4.69, 9.17) is 9.15 Å². The predicted molar refractivity (Wildman–Crippen MR) is 117 cm³/mol. The highest BCUT2D eigenvalue weighted by Gasteiger charge is 2.40. The highest BCUT2D eigenvalue weighted by atomic mass is 35.5. The molecule has 2 fully saturated rings. The van der Waals surface area contributed by atoms with Gasteiger partial charge < -0.3 is 19.4 Å². The van der Waals surface area contributed by atoms with Crippen LogP contribution in [-0.2, 0) is 4.74 Å². The van der Waals surface area contributed by atoms with E-state index in [2.05, 4.69) is 5.32 Å². The molecule has 3 heterocycles. The van der Waals surface area contributed by atoms with Gasteiger partial charge in [0.1, 0.15) is 5.58 Å². The molecule has 3 aromatic rings. The molecule has 5 rings (SSSR count). The van der Waals surface area contributed by atoms with Gasteiger partial charge in [-0.3, -0.25) is 4.79 Å². The number of para-hydroxylation sites is 1. The lowest BCUT2D eigenvalue weighted by atomic mass is 9.99. The van der Waals surface area contributed by atoms with E-state index in [-0.39, 0.29) is 23.9 Å². The van der Waals surface area contributed by atoms with Crippen molar-refractivity contribution >= 4 is 29.3 Å². The fraction of sp³-hybridized carbons (Fsp3) is 0.304. The van der Waals surface area contributed by atoms with Gasteiger partial charge in [0.15, 0.2) is 0 Å². The van der Waals surface area contributed by atoms with Crippen LogP contribution in [0.1, 0.15) is 16.8 Å². The summed E-state index contributed by atoms with van der Waals surface area (Å²) in [6, 6.07) is 16.4. The molecule has 30 heavy (non-hydrogen) atoms. The highest BCUT2D eigenvalue weighted by molar-refractivity contribution is 5.96. The van der Waals surface area contributed by atoms with Crippen LogP contribution in [-0.4, -0.2) is 49.2 Å². The molecule has 0 aliphatic carbocycles. The van der Waals surface area contributed by atoms with Crippen molar-refractivity contribution in [3.63, 3.8) is 0 Å². The maximum absolute atomic E-state index is 13.2. The topological polar surface area (TPSA) is 71.8 Å². The van der Waals surface area contributed by atoms with Crippen molar-refractivity contribution in [1.82, 2.24) is 10.2 Å².